The van der Waals surface area contributed by atoms with Crippen molar-refractivity contribution in [1.82, 2.24) is 5.32 Å². The number of nitrogens with one attached hydrogen (secondary N) is 1. The Morgan fingerprint density at radius 1 is 1.35 bits per heavy atom. The van der Waals surface area contributed by atoms with Crippen LogP contribution in [0.3, 0.4) is 0 Å². The van der Waals surface area contributed by atoms with E-state index in [1.165, 1.54) is 4.88 Å². The molecule has 0 amide bonds. The highest BCUT2D eigenvalue weighted by Crippen LogP contribution is 2.29. The lowest BCUT2D eigenvalue weighted by Gasteiger charge is -2.17. The van der Waals surface area contributed by atoms with E-state index in [1.807, 2.05) is 18.4 Å². The summed E-state index contributed by atoms with van der Waals surface area (Å²) in [6.45, 7) is 3.05. The number of aliphatic hydroxyl groups excluding tert-OH is 1. The van der Waals surface area contributed by atoms with Crippen molar-refractivity contribution in [2.45, 2.75) is 19.5 Å². The van der Waals surface area contributed by atoms with Crippen LogP contribution in [-0.4, -0.2) is 23.4 Å². The third kappa shape index (κ3) is 3.72. The number of aliphatic hydroxyl groups is 1. The fourth-order valence-electron chi connectivity index (χ4n) is 1.94. The smallest absolute Gasteiger partial charge is 0.161 e. The predicted octanol–water partition coefficient (Wildman–Crippen LogP) is 2.68. The second-order valence-corrected chi connectivity index (χ2v) is 5.39. The Kier molecular flexibility index (Phi) is 5.40. The van der Waals surface area contributed by atoms with Crippen LogP contribution in [0.5, 0.6) is 11.5 Å². The standard InChI is InChI=1S/C15H19NO3S/c1-2-19-15-8-11(5-6-14(15)18)13(10-17)16-9-12-4-3-7-20-12/h3-8,13,16-18H,2,9-10H2,1H3. The summed E-state index contributed by atoms with van der Waals surface area (Å²) in [5, 5.41) is 24.6. The van der Waals surface area contributed by atoms with E-state index in [4.69, 9.17) is 4.74 Å². The van der Waals surface area contributed by atoms with Crippen molar-refractivity contribution in [3.63, 3.8) is 0 Å². The summed E-state index contributed by atoms with van der Waals surface area (Å²) >= 11 is 1.68. The van der Waals surface area contributed by atoms with E-state index in [2.05, 4.69) is 11.4 Å². The molecule has 3 N–H and O–H groups in total. The molecule has 2 aromatic rings. The molecule has 108 valence electrons. The van der Waals surface area contributed by atoms with Crippen molar-refractivity contribution in [1.29, 1.82) is 0 Å². The van der Waals surface area contributed by atoms with Crippen molar-refractivity contribution < 1.29 is 14.9 Å². The van der Waals surface area contributed by atoms with Gasteiger partial charge in [0.25, 0.3) is 0 Å². The van der Waals surface area contributed by atoms with Gasteiger partial charge in [0.2, 0.25) is 0 Å². The zero-order valence-corrected chi connectivity index (χ0v) is 12.2. The van der Waals surface area contributed by atoms with Crippen LogP contribution in [0, 0.1) is 0 Å². The maximum Gasteiger partial charge on any atom is 0.161 e. The van der Waals surface area contributed by atoms with E-state index >= 15 is 0 Å². The van der Waals surface area contributed by atoms with Crippen LogP contribution in [0.4, 0.5) is 0 Å². The molecule has 0 saturated heterocycles. The lowest BCUT2D eigenvalue weighted by molar-refractivity contribution is 0.243. The topological polar surface area (TPSA) is 61.7 Å². The molecule has 0 aliphatic rings. The number of thiophene rings is 1. The third-order valence-electron chi connectivity index (χ3n) is 2.97. The Balaban J connectivity index is 2.08. The van der Waals surface area contributed by atoms with Crippen molar-refractivity contribution >= 4 is 11.3 Å². The minimum Gasteiger partial charge on any atom is -0.504 e. The van der Waals surface area contributed by atoms with Crippen molar-refractivity contribution in [3.8, 4) is 11.5 Å². The maximum absolute atomic E-state index is 9.69. The molecule has 20 heavy (non-hydrogen) atoms. The molecule has 1 aromatic carbocycles. The minimum absolute atomic E-state index is 0.0122. The molecule has 1 heterocycles. The summed E-state index contributed by atoms with van der Waals surface area (Å²) < 4.78 is 5.36. The van der Waals surface area contributed by atoms with E-state index < -0.39 is 0 Å². The van der Waals surface area contributed by atoms with Gasteiger partial charge in [0.05, 0.1) is 19.3 Å². The van der Waals surface area contributed by atoms with E-state index in [0.29, 0.717) is 18.9 Å². The average molecular weight is 293 g/mol. The van der Waals surface area contributed by atoms with Crippen molar-refractivity contribution in [2.24, 2.45) is 0 Å². The minimum atomic E-state index is -0.183. The van der Waals surface area contributed by atoms with Gasteiger partial charge < -0.3 is 20.3 Å². The highest BCUT2D eigenvalue weighted by molar-refractivity contribution is 7.09. The van der Waals surface area contributed by atoms with Gasteiger partial charge in [0.15, 0.2) is 11.5 Å². The van der Waals surface area contributed by atoms with Crippen molar-refractivity contribution in [3.05, 3.63) is 46.2 Å². The Morgan fingerprint density at radius 2 is 2.20 bits per heavy atom. The molecule has 4 nitrogen and oxygen atoms in total. The van der Waals surface area contributed by atoms with Gasteiger partial charge in [-0.15, -0.1) is 11.3 Å². The molecule has 0 bridgehead atoms. The monoisotopic (exact) mass is 293 g/mol. The first-order valence-electron chi connectivity index (χ1n) is 6.57. The van der Waals surface area contributed by atoms with Crippen LogP contribution in [-0.2, 0) is 6.54 Å². The van der Waals surface area contributed by atoms with Crippen LogP contribution in [0.25, 0.3) is 0 Å². The van der Waals surface area contributed by atoms with Crippen LogP contribution >= 0.6 is 11.3 Å². The SMILES string of the molecule is CCOc1cc(C(CO)NCc2cccs2)ccc1O. The Labute approximate surface area is 122 Å². The fourth-order valence-corrected chi connectivity index (χ4v) is 2.60. The summed E-state index contributed by atoms with van der Waals surface area (Å²) in [7, 11) is 0. The van der Waals surface area contributed by atoms with E-state index in [9.17, 15) is 10.2 Å². The second kappa shape index (κ2) is 7.28. The van der Waals surface area contributed by atoms with Gasteiger partial charge in [-0.25, -0.2) is 0 Å². The highest BCUT2D eigenvalue weighted by Gasteiger charge is 2.13. The summed E-state index contributed by atoms with van der Waals surface area (Å²) in [5.74, 6) is 0.562. The summed E-state index contributed by atoms with van der Waals surface area (Å²) in [6.07, 6.45) is 0. The largest absolute Gasteiger partial charge is 0.504 e. The van der Waals surface area contributed by atoms with Crippen LogP contribution in [0.1, 0.15) is 23.4 Å². The Bertz CT molecular complexity index is 528. The first kappa shape index (κ1) is 14.8. The molecule has 0 saturated carbocycles. The van der Waals surface area contributed by atoms with Gasteiger partial charge in [-0.3, -0.25) is 0 Å². The van der Waals surface area contributed by atoms with E-state index in [-0.39, 0.29) is 18.4 Å². The number of hydrogen-bond acceptors (Lipinski definition) is 5. The van der Waals surface area contributed by atoms with Crippen LogP contribution in [0.15, 0.2) is 35.7 Å². The number of benzene rings is 1. The lowest BCUT2D eigenvalue weighted by Crippen LogP contribution is -2.23. The van der Waals surface area contributed by atoms with Gasteiger partial charge >= 0.3 is 0 Å². The lowest BCUT2D eigenvalue weighted by atomic mass is 10.1. The molecule has 1 unspecified atom stereocenters. The molecule has 0 aliphatic carbocycles. The van der Waals surface area contributed by atoms with Gasteiger partial charge in [-0.1, -0.05) is 12.1 Å². The van der Waals surface area contributed by atoms with Crippen LogP contribution < -0.4 is 10.1 Å². The normalized spacial score (nSPS) is 12.3. The molecule has 0 fully saturated rings. The number of rotatable bonds is 7. The Hall–Kier alpha value is -1.56. The molecule has 1 aromatic heterocycles. The molecule has 0 aliphatic heterocycles. The number of phenolic OH excluding ortho intramolecular Hbond substituents is 1. The molecule has 0 spiro atoms. The highest BCUT2D eigenvalue weighted by atomic mass is 32.1. The van der Waals surface area contributed by atoms with Gasteiger partial charge in [-0.2, -0.15) is 0 Å². The average Bonchev–Trinajstić information content (AvgIpc) is 2.96. The predicted molar refractivity (Wildman–Crippen MR) is 80.3 cm³/mol. The van der Waals surface area contributed by atoms with Gasteiger partial charge in [-0.05, 0) is 36.1 Å². The molecule has 0 radical (unpaired) electrons. The number of ether oxygens (including phenoxy) is 1. The summed E-state index contributed by atoms with van der Waals surface area (Å²) in [6, 6.07) is 9.02. The van der Waals surface area contributed by atoms with Gasteiger partial charge in [0.1, 0.15) is 0 Å². The van der Waals surface area contributed by atoms with E-state index in [1.54, 1.807) is 29.5 Å². The number of hydrogen-bond donors (Lipinski definition) is 3. The molecule has 5 heteroatoms. The zero-order chi connectivity index (χ0) is 14.4. The van der Waals surface area contributed by atoms with Gasteiger partial charge in [0, 0.05) is 11.4 Å². The maximum atomic E-state index is 9.69. The number of aromatic hydroxyl groups is 1. The third-order valence-corrected chi connectivity index (χ3v) is 3.85. The molecule has 1 atom stereocenters. The molecule has 2 rings (SSSR count). The first-order chi connectivity index (χ1) is 9.74. The molecular formula is C15H19NO3S. The second-order valence-electron chi connectivity index (χ2n) is 4.36. The zero-order valence-electron chi connectivity index (χ0n) is 11.4. The first-order valence-corrected chi connectivity index (χ1v) is 7.45. The van der Waals surface area contributed by atoms with Crippen LogP contribution in [0.2, 0.25) is 0 Å². The quantitative estimate of drug-likeness (QED) is 0.734. The summed E-state index contributed by atoms with van der Waals surface area (Å²) in [4.78, 5) is 1.22. The van der Waals surface area contributed by atoms with Crippen molar-refractivity contribution in [2.75, 3.05) is 13.2 Å². The fraction of sp³-hybridized carbons (Fsp3) is 0.333. The molecular weight excluding hydrogens is 274 g/mol. The van der Waals surface area contributed by atoms with E-state index in [0.717, 1.165) is 5.56 Å². The Morgan fingerprint density at radius 3 is 2.85 bits per heavy atom. The number of phenols is 1. The summed E-state index contributed by atoms with van der Waals surface area (Å²) in [5.41, 5.74) is 0.894.